The van der Waals surface area contributed by atoms with Gasteiger partial charge in [-0.2, -0.15) is 0 Å². The van der Waals surface area contributed by atoms with Crippen molar-refractivity contribution in [2.75, 3.05) is 18.9 Å². The SMILES string of the molecule is Nc1cc(F)c(SC2COC2)c(F)c1. The second kappa shape index (κ2) is 3.74. The Morgan fingerprint density at radius 2 is 1.86 bits per heavy atom. The van der Waals surface area contributed by atoms with Crippen molar-refractivity contribution >= 4 is 17.4 Å². The Hall–Kier alpha value is -0.810. The Morgan fingerprint density at radius 1 is 1.29 bits per heavy atom. The number of halogens is 2. The zero-order chi connectivity index (χ0) is 10.1. The summed E-state index contributed by atoms with van der Waals surface area (Å²) in [7, 11) is 0. The average Bonchev–Trinajstić information content (AvgIpc) is 1.98. The highest BCUT2D eigenvalue weighted by Gasteiger charge is 2.23. The van der Waals surface area contributed by atoms with Gasteiger partial charge in [-0.15, -0.1) is 11.8 Å². The molecule has 1 aromatic carbocycles. The molecule has 1 aromatic rings. The molecule has 2 nitrogen and oxygen atoms in total. The lowest BCUT2D eigenvalue weighted by molar-refractivity contribution is 0.0454. The van der Waals surface area contributed by atoms with Crippen LogP contribution in [0.5, 0.6) is 0 Å². The highest BCUT2D eigenvalue weighted by molar-refractivity contribution is 8.00. The number of hydrogen-bond acceptors (Lipinski definition) is 3. The number of nitrogens with two attached hydrogens (primary N) is 1. The smallest absolute Gasteiger partial charge is 0.141 e. The first-order chi connectivity index (χ1) is 6.66. The monoisotopic (exact) mass is 217 g/mol. The van der Waals surface area contributed by atoms with Crippen molar-refractivity contribution in [1.29, 1.82) is 0 Å². The molecule has 2 N–H and O–H groups in total. The third-order valence-electron chi connectivity index (χ3n) is 1.91. The van der Waals surface area contributed by atoms with Crippen LogP contribution in [0.25, 0.3) is 0 Å². The van der Waals surface area contributed by atoms with E-state index >= 15 is 0 Å². The summed E-state index contributed by atoms with van der Waals surface area (Å²) in [6.07, 6.45) is 0. The van der Waals surface area contributed by atoms with Gasteiger partial charge < -0.3 is 10.5 Å². The maximum absolute atomic E-state index is 13.3. The predicted molar refractivity (Wildman–Crippen MR) is 51.2 cm³/mol. The van der Waals surface area contributed by atoms with Crippen molar-refractivity contribution in [1.82, 2.24) is 0 Å². The highest BCUT2D eigenvalue weighted by Crippen LogP contribution is 2.33. The molecule has 14 heavy (non-hydrogen) atoms. The first kappa shape index (κ1) is 9.73. The van der Waals surface area contributed by atoms with E-state index in [1.54, 1.807) is 0 Å². The third kappa shape index (κ3) is 1.83. The van der Waals surface area contributed by atoms with Crippen molar-refractivity contribution in [2.24, 2.45) is 0 Å². The third-order valence-corrected chi connectivity index (χ3v) is 3.14. The van der Waals surface area contributed by atoms with E-state index in [2.05, 4.69) is 0 Å². The number of anilines is 1. The van der Waals surface area contributed by atoms with E-state index in [0.717, 1.165) is 23.9 Å². The number of ether oxygens (including phenoxy) is 1. The molecule has 0 radical (unpaired) electrons. The van der Waals surface area contributed by atoms with E-state index in [9.17, 15) is 8.78 Å². The number of rotatable bonds is 2. The van der Waals surface area contributed by atoms with Crippen molar-refractivity contribution in [3.63, 3.8) is 0 Å². The van der Waals surface area contributed by atoms with Gasteiger partial charge in [-0.25, -0.2) is 8.78 Å². The topological polar surface area (TPSA) is 35.2 Å². The normalized spacial score (nSPS) is 16.7. The minimum atomic E-state index is -0.598. The molecule has 0 aromatic heterocycles. The fourth-order valence-corrected chi connectivity index (χ4v) is 2.15. The Bertz CT molecular complexity index is 332. The van der Waals surface area contributed by atoms with Gasteiger partial charge in [0.1, 0.15) is 11.6 Å². The molecule has 0 amide bonds. The van der Waals surface area contributed by atoms with Gasteiger partial charge in [0.15, 0.2) is 0 Å². The van der Waals surface area contributed by atoms with E-state index in [4.69, 9.17) is 10.5 Å². The summed E-state index contributed by atoms with van der Waals surface area (Å²) in [4.78, 5) is 0.0347. The average molecular weight is 217 g/mol. The van der Waals surface area contributed by atoms with Crippen molar-refractivity contribution < 1.29 is 13.5 Å². The minimum Gasteiger partial charge on any atom is -0.399 e. The van der Waals surface area contributed by atoms with Crippen molar-refractivity contribution in [3.8, 4) is 0 Å². The number of benzene rings is 1. The molecule has 1 saturated heterocycles. The second-order valence-corrected chi connectivity index (χ2v) is 4.40. The van der Waals surface area contributed by atoms with Gasteiger partial charge in [0, 0.05) is 5.69 Å². The van der Waals surface area contributed by atoms with Gasteiger partial charge in [-0.05, 0) is 12.1 Å². The molecule has 0 saturated carbocycles. The van der Waals surface area contributed by atoms with E-state index in [0.29, 0.717) is 13.2 Å². The molecule has 76 valence electrons. The fraction of sp³-hybridized carbons (Fsp3) is 0.333. The van der Waals surface area contributed by atoms with Crippen molar-refractivity contribution in [2.45, 2.75) is 10.1 Å². The molecule has 0 aliphatic carbocycles. The molecule has 5 heteroatoms. The van der Waals surface area contributed by atoms with E-state index in [1.807, 2.05) is 0 Å². The lowest BCUT2D eigenvalue weighted by Crippen LogP contribution is -2.30. The summed E-state index contributed by atoms with van der Waals surface area (Å²) < 4.78 is 31.4. The van der Waals surface area contributed by atoms with Gasteiger partial charge in [-0.1, -0.05) is 0 Å². The number of thioether (sulfide) groups is 1. The molecule has 0 spiro atoms. The number of nitrogen functional groups attached to an aromatic ring is 1. The summed E-state index contributed by atoms with van der Waals surface area (Å²) in [5.74, 6) is -1.20. The van der Waals surface area contributed by atoms with Crippen LogP contribution in [0.1, 0.15) is 0 Å². The molecule has 1 fully saturated rings. The molecule has 1 aliphatic rings. The molecule has 2 rings (SSSR count). The van der Waals surface area contributed by atoms with Crippen LogP contribution in [-0.4, -0.2) is 18.5 Å². The van der Waals surface area contributed by atoms with E-state index in [1.165, 1.54) is 0 Å². The summed E-state index contributed by atoms with van der Waals surface area (Å²) in [6.45, 7) is 1.10. The fourth-order valence-electron chi connectivity index (χ4n) is 1.14. The lowest BCUT2D eigenvalue weighted by atomic mass is 10.3. The van der Waals surface area contributed by atoms with Crippen LogP contribution in [0.2, 0.25) is 0 Å². The van der Waals surface area contributed by atoms with Gasteiger partial charge in [0.05, 0.1) is 23.4 Å². The molecule has 0 unspecified atom stereocenters. The zero-order valence-corrected chi connectivity index (χ0v) is 8.11. The van der Waals surface area contributed by atoms with E-state index in [-0.39, 0.29) is 15.8 Å². The maximum atomic E-state index is 13.3. The van der Waals surface area contributed by atoms with Crippen LogP contribution in [0, 0.1) is 11.6 Å². The summed E-state index contributed by atoms with van der Waals surface area (Å²) in [5, 5.41) is 0.155. The highest BCUT2D eigenvalue weighted by atomic mass is 32.2. The summed E-state index contributed by atoms with van der Waals surface area (Å²) in [5.41, 5.74) is 5.40. The van der Waals surface area contributed by atoms with E-state index < -0.39 is 11.6 Å². The lowest BCUT2D eigenvalue weighted by Gasteiger charge is -2.25. The standard InChI is InChI=1S/C9H9F2NOS/c10-7-1-5(12)2-8(11)9(7)14-6-3-13-4-6/h1-2,6H,3-4,12H2. The first-order valence-corrected chi connectivity index (χ1v) is 5.03. The predicted octanol–water partition coefficient (Wildman–Crippen LogP) is 2.04. The largest absolute Gasteiger partial charge is 0.399 e. The number of hydrogen-bond donors (Lipinski definition) is 1. The molecule has 1 aliphatic heterocycles. The van der Waals surface area contributed by atoms with Crippen LogP contribution in [0.4, 0.5) is 14.5 Å². The van der Waals surface area contributed by atoms with Crippen LogP contribution in [0.15, 0.2) is 17.0 Å². The Labute approximate surface area is 84.4 Å². The van der Waals surface area contributed by atoms with Crippen LogP contribution in [-0.2, 0) is 4.74 Å². The Balaban J connectivity index is 2.22. The maximum Gasteiger partial charge on any atom is 0.141 e. The molecule has 0 atom stereocenters. The first-order valence-electron chi connectivity index (χ1n) is 4.16. The van der Waals surface area contributed by atoms with Gasteiger partial charge in [0.2, 0.25) is 0 Å². The summed E-state index contributed by atoms with van der Waals surface area (Å²) >= 11 is 1.16. The Kier molecular flexibility index (Phi) is 2.60. The molecular formula is C9H9F2NOS. The molecule has 0 bridgehead atoms. The van der Waals surface area contributed by atoms with Gasteiger partial charge in [0.25, 0.3) is 0 Å². The van der Waals surface area contributed by atoms with Crippen LogP contribution in [0.3, 0.4) is 0 Å². The van der Waals surface area contributed by atoms with Crippen LogP contribution >= 0.6 is 11.8 Å². The van der Waals surface area contributed by atoms with Gasteiger partial charge >= 0.3 is 0 Å². The molecular weight excluding hydrogens is 208 g/mol. The minimum absolute atomic E-state index is 0.0347. The van der Waals surface area contributed by atoms with Crippen molar-refractivity contribution in [3.05, 3.63) is 23.8 Å². The zero-order valence-electron chi connectivity index (χ0n) is 7.30. The van der Waals surface area contributed by atoms with Gasteiger partial charge in [-0.3, -0.25) is 0 Å². The Morgan fingerprint density at radius 3 is 2.29 bits per heavy atom. The second-order valence-electron chi connectivity index (χ2n) is 3.09. The molecule has 1 heterocycles. The quantitative estimate of drug-likeness (QED) is 0.770. The van der Waals surface area contributed by atoms with Crippen LogP contribution < -0.4 is 5.73 Å². The summed E-state index contributed by atoms with van der Waals surface area (Å²) in [6, 6.07) is 2.26.